The maximum absolute atomic E-state index is 4.50. The van der Waals surface area contributed by atoms with Crippen LogP contribution in [0, 0.1) is 6.92 Å². The number of hydrogen-bond acceptors (Lipinski definition) is 2. The predicted molar refractivity (Wildman–Crippen MR) is 126 cm³/mol. The lowest BCUT2D eigenvalue weighted by Gasteiger charge is -2.13. The molecule has 1 aromatic heterocycles. The highest BCUT2D eigenvalue weighted by Crippen LogP contribution is 2.07. The fourth-order valence-electron chi connectivity index (χ4n) is 2.99. The third kappa shape index (κ3) is 6.37. The first kappa shape index (κ1) is 21.9. The van der Waals surface area contributed by atoms with Crippen molar-refractivity contribution >= 4 is 29.9 Å². The van der Waals surface area contributed by atoms with E-state index in [0.29, 0.717) is 0 Å². The smallest absolute Gasteiger partial charge is 0.191 e. The van der Waals surface area contributed by atoms with Gasteiger partial charge in [-0.3, -0.25) is 4.99 Å². The van der Waals surface area contributed by atoms with Crippen molar-refractivity contribution < 1.29 is 0 Å². The Morgan fingerprint density at radius 1 is 1.04 bits per heavy atom. The van der Waals surface area contributed by atoms with Gasteiger partial charge in [-0.1, -0.05) is 54.6 Å². The van der Waals surface area contributed by atoms with E-state index in [4.69, 9.17) is 0 Å². The Morgan fingerprint density at radius 3 is 2.54 bits per heavy atom. The van der Waals surface area contributed by atoms with Gasteiger partial charge in [0.2, 0.25) is 0 Å². The topological polar surface area (TPSA) is 54.2 Å². The summed E-state index contributed by atoms with van der Waals surface area (Å²) >= 11 is 0. The highest BCUT2D eigenvalue weighted by Gasteiger charge is 2.05. The van der Waals surface area contributed by atoms with E-state index >= 15 is 0 Å². The van der Waals surface area contributed by atoms with Crippen molar-refractivity contribution in [2.24, 2.45) is 4.99 Å². The number of rotatable bonds is 7. The van der Waals surface area contributed by atoms with E-state index in [-0.39, 0.29) is 24.0 Å². The number of benzene rings is 2. The first-order chi connectivity index (χ1) is 13.3. The summed E-state index contributed by atoms with van der Waals surface area (Å²) in [6.07, 6.45) is 4.74. The van der Waals surface area contributed by atoms with Crippen LogP contribution in [0.2, 0.25) is 0 Å². The van der Waals surface area contributed by atoms with Gasteiger partial charge in [0.15, 0.2) is 5.96 Å². The van der Waals surface area contributed by atoms with Crippen LogP contribution in [-0.2, 0) is 19.5 Å². The number of guanidine groups is 1. The first-order valence-corrected chi connectivity index (χ1v) is 9.29. The molecule has 0 unspecified atom stereocenters. The van der Waals surface area contributed by atoms with Crippen molar-refractivity contribution in [1.29, 1.82) is 0 Å². The number of imidazole rings is 1. The highest BCUT2D eigenvalue weighted by atomic mass is 127. The first-order valence-electron chi connectivity index (χ1n) is 9.29. The van der Waals surface area contributed by atoms with Crippen LogP contribution in [0.25, 0.3) is 0 Å². The average Bonchev–Trinajstić information content (AvgIpc) is 3.13. The van der Waals surface area contributed by atoms with E-state index in [0.717, 1.165) is 37.8 Å². The zero-order valence-corrected chi connectivity index (χ0v) is 18.8. The van der Waals surface area contributed by atoms with Gasteiger partial charge in [-0.15, -0.1) is 24.0 Å². The van der Waals surface area contributed by atoms with Gasteiger partial charge < -0.3 is 15.2 Å². The molecule has 3 aromatic rings. The Kier molecular flexibility index (Phi) is 9.00. The molecule has 1 heterocycles. The second-order valence-corrected chi connectivity index (χ2v) is 6.49. The van der Waals surface area contributed by atoms with Gasteiger partial charge >= 0.3 is 0 Å². The van der Waals surface area contributed by atoms with Gasteiger partial charge in [0.05, 0.1) is 0 Å². The van der Waals surface area contributed by atoms with Crippen molar-refractivity contribution in [1.82, 2.24) is 20.2 Å². The molecular formula is C22H28IN5. The third-order valence-corrected chi connectivity index (χ3v) is 4.57. The van der Waals surface area contributed by atoms with Gasteiger partial charge in [-0.05, 0) is 23.6 Å². The van der Waals surface area contributed by atoms with Gasteiger partial charge in [0, 0.05) is 45.5 Å². The summed E-state index contributed by atoms with van der Waals surface area (Å²) in [5.74, 6) is 1.88. The Bertz CT molecular complexity index is 873. The summed E-state index contributed by atoms with van der Waals surface area (Å²) in [5.41, 5.74) is 3.84. The van der Waals surface area contributed by atoms with E-state index < -0.39 is 0 Å². The van der Waals surface area contributed by atoms with Crippen LogP contribution in [0.1, 0.15) is 22.5 Å². The summed E-state index contributed by atoms with van der Waals surface area (Å²) in [4.78, 5) is 8.81. The minimum atomic E-state index is 0. The molecule has 0 amide bonds. The lowest BCUT2D eigenvalue weighted by molar-refractivity contribution is 0.694. The number of aryl methyl sites for hydroxylation is 1. The molecule has 0 aliphatic carbocycles. The van der Waals surface area contributed by atoms with Crippen LogP contribution >= 0.6 is 24.0 Å². The Balaban J connectivity index is 0.00000280. The van der Waals surface area contributed by atoms with E-state index in [9.17, 15) is 0 Å². The standard InChI is InChI=1S/C22H27N5.HI/c1-18-8-6-7-11-20(18)16-26-22(23-2)25-13-12-21-24-14-15-27(21)17-19-9-4-3-5-10-19;/h3-11,14-15H,12-13,16-17H2,1-2H3,(H2,23,25,26);1H. The van der Waals surface area contributed by atoms with Gasteiger partial charge in [-0.2, -0.15) is 0 Å². The van der Waals surface area contributed by atoms with Crippen LogP contribution in [0.5, 0.6) is 0 Å². The molecule has 3 rings (SSSR count). The molecule has 0 atom stereocenters. The molecule has 2 N–H and O–H groups in total. The van der Waals surface area contributed by atoms with Crippen molar-refractivity contribution in [3.63, 3.8) is 0 Å². The molecule has 28 heavy (non-hydrogen) atoms. The minimum absolute atomic E-state index is 0. The van der Waals surface area contributed by atoms with Crippen molar-refractivity contribution in [2.75, 3.05) is 13.6 Å². The summed E-state index contributed by atoms with van der Waals surface area (Å²) < 4.78 is 2.19. The largest absolute Gasteiger partial charge is 0.356 e. The lowest BCUT2D eigenvalue weighted by atomic mass is 10.1. The monoisotopic (exact) mass is 489 g/mol. The molecule has 0 spiro atoms. The highest BCUT2D eigenvalue weighted by molar-refractivity contribution is 14.0. The van der Waals surface area contributed by atoms with Gasteiger partial charge in [0.1, 0.15) is 5.82 Å². The zero-order valence-electron chi connectivity index (χ0n) is 16.4. The summed E-state index contributed by atoms with van der Waals surface area (Å²) in [6, 6.07) is 18.8. The number of hydrogen-bond donors (Lipinski definition) is 2. The van der Waals surface area contributed by atoms with Crippen molar-refractivity contribution in [2.45, 2.75) is 26.4 Å². The molecule has 0 aliphatic rings. The number of aliphatic imine (C=N–C) groups is 1. The van der Waals surface area contributed by atoms with E-state index in [1.54, 1.807) is 7.05 Å². The molecular weight excluding hydrogens is 461 g/mol. The minimum Gasteiger partial charge on any atom is -0.356 e. The molecule has 0 saturated heterocycles. The molecule has 0 fully saturated rings. The molecule has 5 nitrogen and oxygen atoms in total. The molecule has 2 aromatic carbocycles. The molecule has 0 saturated carbocycles. The van der Waals surface area contributed by atoms with E-state index in [2.05, 4.69) is 80.6 Å². The quantitative estimate of drug-likeness (QED) is 0.302. The van der Waals surface area contributed by atoms with E-state index in [1.165, 1.54) is 16.7 Å². The number of nitrogens with zero attached hydrogens (tertiary/aromatic N) is 3. The summed E-state index contributed by atoms with van der Waals surface area (Å²) in [7, 11) is 1.80. The molecule has 0 bridgehead atoms. The number of halogens is 1. The molecule has 148 valence electrons. The predicted octanol–water partition coefficient (Wildman–Crippen LogP) is 3.77. The molecule has 0 radical (unpaired) electrons. The SMILES string of the molecule is CN=C(NCCc1nccn1Cc1ccccc1)NCc1ccccc1C.I. The molecule has 0 aliphatic heterocycles. The van der Waals surface area contributed by atoms with Crippen molar-refractivity contribution in [3.05, 3.63) is 89.5 Å². The average molecular weight is 489 g/mol. The maximum Gasteiger partial charge on any atom is 0.191 e. The zero-order chi connectivity index (χ0) is 18.9. The second kappa shape index (κ2) is 11.5. The Morgan fingerprint density at radius 2 is 1.79 bits per heavy atom. The Hall–Kier alpha value is -2.35. The van der Waals surface area contributed by atoms with Crippen LogP contribution in [0.4, 0.5) is 0 Å². The lowest BCUT2D eigenvalue weighted by Crippen LogP contribution is -2.38. The second-order valence-electron chi connectivity index (χ2n) is 6.49. The summed E-state index contributed by atoms with van der Waals surface area (Å²) in [5, 5.41) is 6.75. The van der Waals surface area contributed by atoms with Gasteiger partial charge in [0.25, 0.3) is 0 Å². The number of nitrogens with one attached hydrogen (secondary N) is 2. The van der Waals surface area contributed by atoms with Crippen molar-refractivity contribution in [3.8, 4) is 0 Å². The van der Waals surface area contributed by atoms with Crippen LogP contribution < -0.4 is 10.6 Å². The fraction of sp³-hybridized carbons (Fsp3) is 0.273. The third-order valence-electron chi connectivity index (χ3n) is 4.57. The number of aromatic nitrogens is 2. The summed E-state index contributed by atoms with van der Waals surface area (Å²) in [6.45, 7) is 4.50. The molecule has 6 heteroatoms. The van der Waals surface area contributed by atoms with Crippen LogP contribution in [-0.4, -0.2) is 29.1 Å². The van der Waals surface area contributed by atoms with Crippen LogP contribution in [0.15, 0.2) is 72.0 Å². The Labute approximate surface area is 184 Å². The normalized spacial score (nSPS) is 11.0. The van der Waals surface area contributed by atoms with E-state index in [1.807, 2.05) is 18.5 Å². The maximum atomic E-state index is 4.50. The van der Waals surface area contributed by atoms with Gasteiger partial charge in [-0.25, -0.2) is 4.98 Å². The fourth-order valence-corrected chi connectivity index (χ4v) is 2.99. The van der Waals surface area contributed by atoms with Crippen LogP contribution in [0.3, 0.4) is 0 Å².